The average Bonchev–Trinajstić information content (AvgIpc) is 2.31. The largest absolute Gasteiger partial charge is 0.464 e. The minimum absolute atomic E-state index is 0.0980. The first kappa shape index (κ1) is 19.7. The van der Waals surface area contributed by atoms with Gasteiger partial charge in [-0.25, -0.2) is 9.59 Å². The molecular formula is C16H31NO4. The van der Waals surface area contributed by atoms with E-state index in [1.165, 1.54) is 0 Å². The van der Waals surface area contributed by atoms with Crippen LogP contribution in [0, 0.1) is 10.8 Å². The molecule has 124 valence electrons. The molecule has 0 aliphatic carbocycles. The predicted octanol–water partition coefficient (Wildman–Crippen LogP) is 3.52. The van der Waals surface area contributed by atoms with E-state index in [0.29, 0.717) is 19.6 Å². The second-order valence-corrected chi connectivity index (χ2v) is 7.79. The molecule has 0 saturated heterocycles. The fraction of sp³-hybridized carbons (Fsp3) is 0.875. The molecule has 1 amide bonds. The number of rotatable bonds is 6. The Bertz CT molecular complexity index is 339. The lowest BCUT2D eigenvalue weighted by Crippen LogP contribution is -2.43. The lowest BCUT2D eigenvalue weighted by molar-refractivity contribution is -0.149. The molecule has 0 aliphatic heterocycles. The highest BCUT2D eigenvalue weighted by molar-refractivity contribution is 5.81. The summed E-state index contributed by atoms with van der Waals surface area (Å²) in [6, 6.07) is -0.648. The van der Waals surface area contributed by atoms with Gasteiger partial charge < -0.3 is 14.8 Å². The summed E-state index contributed by atoms with van der Waals surface area (Å²) in [4.78, 5) is 23.8. The van der Waals surface area contributed by atoms with Crippen LogP contribution in [0.3, 0.4) is 0 Å². The van der Waals surface area contributed by atoms with Crippen molar-refractivity contribution in [3.8, 4) is 0 Å². The van der Waals surface area contributed by atoms with Gasteiger partial charge in [0.15, 0.2) is 0 Å². The number of amides is 1. The highest BCUT2D eigenvalue weighted by atomic mass is 16.6. The van der Waals surface area contributed by atoms with Crippen LogP contribution in [0.25, 0.3) is 0 Å². The zero-order valence-electron chi connectivity index (χ0n) is 14.5. The van der Waals surface area contributed by atoms with E-state index >= 15 is 0 Å². The zero-order valence-corrected chi connectivity index (χ0v) is 14.5. The summed E-state index contributed by atoms with van der Waals surface area (Å²) in [5.74, 6) is -0.403. The van der Waals surface area contributed by atoms with Gasteiger partial charge in [-0.05, 0) is 17.3 Å². The summed E-state index contributed by atoms with van der Waals surface area (Å²) in [5, 5.41) is 2.59. The molecule has 5 heteroatoms. The van der Waals surface area contributed by atoms with Crippen LogP contribution in [-0.2, 0) is 14.3 Å². The third-order valence-electron chi connectivity index (χ3n) is 2.44. The third kappa shape index (κ3) is 11.1. The first-order valence-electron chi connectivity index (χ1n) is 7.54. The summed E-state index contributed by atoms with van der Waals surface area (Å²) in [5.41, 5.74) is -0.205. The van der Waals surface area contributed by atoms with E-state index in [2.05, 4.69) is 5.32 Å². The van der Waals surface area contributed by atoms with Crippen molar-refractivity contribution < 1.29 is 19.1 Å². The van der Waals surface area contributed by atoms with Gasteiger partial charge in [0.05, 0.1) is 13.2 Å². The lowest BCUT2D eigenvalue weighted by Gasteiger charge is -2.23. The van der Waals surface area contributed by atoms with Gasteiger partial charge in [0.1, 0.15) is 6.04 Å². The van der Waals surface area contributed by atoms with Crippen LogP contribution < -0.4 is 5.32 Å². The molecule has 5 nitrogen and oxygen atoms in total. The second kappa shape index (κ2) is 8.25. The minimum Gasteiger partial charge on any atom is -0.464 e. The van der Waals surface area contributed by atoms with E-state index in [0.717, 1.165) is 6.42 Å². The number of hydrogen-bond acceptors (Lipinski definition) is 4. The first-order chi connectivity index (χ1) is 9.44. The quantitative estimate of drug-likeness (QED) is 0.762. The van der Waals surface area contributed by atoms with Gasteiger partial charge in [-0.2, -0.15) is 0 Å². The summed E-state index contributed by atoms with van der Waals surface area (Å²) in [6.45, 7) is 14.5. The van der Waals surface area contributed by atoms with Crippen molar-refractivity contribution in [2.24, 2.45) is 10.8 Å². The minimum atomic E-state index is -0.648. The van der Waals surface area contributed by atoms with Crippen molar-refractivity contribution in [3.63, 3.8) is 0 Å². The molecule has 1 N–H and O–H groups in total. The molecular weight excluding hydrogens is 270 g/mol. The van der Waals surface area contributed by atoms with E-state index in [1.54, 1.807) is 0 Å². The van der Waals surface area contributed by atoms with Crippen LogP contribution >= 0.6 is 0 Å². The highest BCUT2D eigenvalue weighted by Crippen LogP contribution is 2.15. The van der Waals surface area contributed by atoms with Crippen LogP contribution in [0.4, 0.5) is 4.79 Å². The number of ether oxygens (including phenoxy) is 2. The lowest BCUT2D eigenvalue weighted by atomic mass is 9.98. The van der Waals surface area contributed by atoms with Crippen LogP contribution in [0.2, 0.25) is 0 Å². The zero-order chi connectivity index (χ0) is 16.7. The SMILES string of the molecule is CCCC(NC(=O)OCC(C)(C)C)C(=O)OCC(C)(C)C. The van der Waals surface area contributed by atoms with Gasteiger partial charge in [-0.15, -0.1) is 0 Å². The van der Waals surface area contributed by atoms with E-state index in [9.17, 15) is 9.59 Å². The highest BCUT2D eigenvalue weighted by Gasteiger charge is 2.24. The number of esters is 1. The van der Waals surface area contributed by atoms with Crippen molar-refractivity contribution in [2.75, 3.05) is 13.2 Å². The number of hydrogen-bond donors (Lipinski definition) is 1. The van der Waals surface area contributed by atoms with Crippen LogP contribution in [0.1, 0.15) is 61.3 Å². The summed E-state index contributed by atoms with van der Waals surface area (Å²) in [6.07, 6.45) is 0.735. The van der Waals surface area contributed by atoms with Gasteiger partial charge in [-0.3, -0.25) is 0 Å². The van der Waals surface area contributed by atoms with Crippen molar-refractivity contribution in [1.29, 1.82) is 0 Å². The second-order valence-electron chi connectivity index (χ2n) is 7.79. The Kier molecular flexibility index (Phi) is 7.75. The van der Waals surface area contributed by atoms with E-state index in [-0.39, 0.29) is 10.8 Å². The topological polar surface area (TPSA) is 64.6 Å². The molecule has 0 spiro atoms. The number of carbonyl (C=O) groups excluding carboxylic acids is 2. The molecule has 0 aromatic heterocycles. The Hall–Kier alpha value is -1.26. The van der Waals surface area contributed by atoms with Gasteiger partial charge in [0.25, 0.3) is 0 Å². The van der Waals surface area contributed by atoms with E-state index in [1.807, 2.05) is 48.5 Å². The summed E-state index contributed by atoms with van der Waals surface area (Å²) in [7, 11) is 0. The molecule has 0 heterocycles. The number of carbonyl (C=O) groups is 2. The first-order valence-corrected chi connectivity index (χ1v) is 7.54. The van der Waals surface area contributed by atoms with Gasteiger partial charge >= 0.3 is 12.1 Å². The molecule has 0 rings (SSSR count). The molecule has 0 aromatic carbocycles. The molecule has 0 radical (unpaired) electrons. The fourth-order valence-electron chi connectivity index (χ4n) is 1.39. The number of alkyl carbamates (subject to hydrolysis) is 1. The standard InChI is InChI=1S/C16H31NO4/c1-8-9-12(13(18)20-10-15(2,3)4)17-14(19)21-11-16(5,6)7/h12H,8-11H2,1-7H3,(H,17,19). The van der Waals surface area contributed by atoms with E-state index < -0.39 is 18.1 Å². The smallest absolute Gasteiger partial charge is 0.407 e. The van der Waals surface area contributed by atoms with Crippen molar-refractivity contribution in [3.05, 3.63) is 0 Å². The Morgan fingerprint density at radius 1 is 0.952 bits per heavy atom. The monoisotopic (exact) mass is 301 g/mol. The maximum Gasteiger partial charge on any atom is 0.407 e. The molecule has 0 saturated carbocycles. The van der Waals surface area contributed by atoms with Crippen molar-refractivity contribution >= 4 is 12.1 Å². The maximum absolute atomic E-state index is 12.0. The van der Waals surface area contributed by atoms with Crippen LogP contribution in [0.15, 0.2) is 0 Å². The summed E-state index contributed by atoms with van der Waals surface area (Å²) < 4.78 is 10.4. The Labute approximate surface area is 128 Å². The van der Waals surface area contributed by atoms with Crippen molar-refractivity contribution in [1.82, 2.24) is 5.32 Å². The Morgan fingerprint density at radius 3 is 1.86 bits per heavy atom. The van der Waals surface area contributed by atoms with E-state index in [4.69, 9.17) is 9.47 Å². The van der Waals surface area contributed by atoms with Crippen LogP contribution in [0.5, 0.6) is 0 Å². The molecule has 1 atom stereocenters. The molecule has 0 bridgehead atoms. The third-order valence-corrected chi connectivity index (χ3v) is 2.44. The molecule has 0 aromatic rings. The summed E-state index contributed by atoms with van der Waals surface area (Å²) >= 11 is 0. The molecule has 0 fully saturated rings. The van der Waals surface area contributed by atoms with Gasteiger partial charge in [0.2, 0.25) is 0 Å². The average molecular weight is 301 g/mol. The fourth-order valence-corrected chi connectivity index (χ4v) is 1.39. The molecule has 0 aliphatic rings. The Balaban J connectivity index is 4.40. The van der Waals surface area contributed by atoms with Gasteiger partial charge in [0, 0.05) is 0 Å². The molecule has 21 heavy (non-hydrogen) atoms. The normalized spacial score (nSPS) is 13.5. The van der Waals surface area contributed by atoms with Crippen molar-refractivity contribution in [2.45, 2.75) is 67.3 Å². The van der Waals surface area contributed by atoms with Gasteiger partial charge in [-0.1, -0.05) is 54.9 Å². The predicted molar refractivity (Wildman–Crippen MR) is 83.0 cm³/mol. The van der Waals surface area contributed by atoms with Crippen LogP contribution in [-0.4, -0.2) is 31.3 Å². The molecule has 1 unspecified atom stereocenters. The maximum atomic E-state index is 12.0. The number of nitrogens with one attached hydrogen (secondary N) is 1. The Morgan fingerprint density at radius 2 is 1.43 bits per heavy atom.